The lowest BCUT2D eigenvalue weighted by Crippen LogP contribution is -2.11. The van der Waals surface area contributed by atoms with Gasteiger partial charge in [-0.3, -0.25) is 4.98 Å². The summed E-state index contributed by atoms with van der Waals surface area (Å²) in [6.45, 7) is 0. The van der Waals surface area contributed by atoms with E-state index in [1.807, 2.05) is 30.3 Å². The number of fused-ring (bicyclic) bond motifs is 1. The van der Waals surface area contributed by atoms with Gasteiger partial charge < -0.3 is 5.32 Å². The van der Waals surface area contributed by atoms with Crippen LogP contribution >= 0.6 is 0 Å². The van der Waals surface area contributed by atoms with Crippen molar-refractivity contribution in [2.45, 2.75) is 12.5 Å². The third-order valence-corrected chi connectivity index (χ3v) is 3.54. The smallest absolute Gasteiger partial charge is 0.123 e. The predicted octanol–water partition coefficient (Wildman–Crippen LogP) is 4.44. The van der Waals surface area contributed by atoms with Crippen LogP contribution in [0.1, 0.15) is 18.0 Å². The fourth-order valence-electron chi connectivity index (χ4n) is 2.50. The molecular weight excluding hydrogens is 277 g/mol. The number of hydrogen-bond donors (Lipinski definition) is 1. The highest BCUT2D eigenvalue weighted by Gasteiger charge is 2.14. The number of pyridine rings is 1. The van der Waals surface area contributed by atoms with E-state index in [1.165, 1.54) is 12.1 Å². The van der Waals surface area contributed by atoms with Crippen molar-refractivity contribution >= 4 is 16.6 Å². The van der Waals surface area contributed by atoms with Crippen molar-refractivity contribution in [3.05, 3.63) is 72.2 Å². The van der Waals surface area contributed by atoms with Crippen molar-refractivity contribution in [3.8, 4) is 6.07 Å². The van der Waals surface area contributed by atoms with Crippen LogP contribution in [0.2, 0.25) is 0 Å². The number of hydrogen-bond acceptors (Lipinski definition) is 3. The molecule has 1 N–H and O–H groups in total. The number of rotatable bonds is 4. The van der Waals surface area contributed by atoms with E-state index in [4.69, 9.17) is 5.26 Å². The Kier molecular flexibility index (Phi) is 3.97. The topological polar surface area (TPSA) is 48.7 Å². The Hall–Kier alpha value is -2.93. The van der Waals surface area contributed by atoms with Gasteiger partial charge in [-0.05, 0) is 42.0 Å². The molecule has 0 aliphatic heterocycles. The fourth-order valence-corrected chi connectivity index (χ4v) is 2.50. The second-order valence-electron chi connectivity index (χ2n) is 4.98. The summed E-state index contributed by atoms with van der Waals surface area (Å²) in [5, 5.41) is 13.4. The van der Waals surface area contributed by atoms with Crippen LogP contribution in [0.4, 0.5) is 10.1 Å². The van der Waals surface area contributed by atoms with Crippen LogP contribution in [-0.4, -0.2) is 4.98 Å². The normalized spacial score (nSPS) is 11.8. The minimum Gasteiger partial charge on any atom is -0.377 e. The molecule has 4 heteroatoms. The van der Waals surface area contributed by atoms with Gasteiger partial charge in [-0.15, -0.1) is 0 Å². The lowest BCUT2D eigenvalue weighted by Gasteiger charge is -2.19. The second kappa shape index (κ2) is 6.23. The Morgan fingerprint density at radius 1 is 1.09 bits per heavy atom. The number of nitrogens with one attached hydrogen (secondary N) is 1. The lowest BCUT2D eigenvalue weighted by atomic mass is 9.99. The molecule has 0 spiro atoms. The maximum absolute atomic E-state index is 13.0. The van der Waals surface area contributed by atoms with Crippen molar-refractivity contribution in [2.24, 2.45) is 0 Å². The van der Waals surface area contributed by atoms with Gasteiger partial charge in [-0.25, -0.2) is 4.39 Å². The first-order valence-corrected chi connectivity index (χ1v) is 7.00. The summed E-state index contributed by atoms with van der Waals surface area (Å²) < 4.78 is 13.0. The molecule has 3 rings (SSSR count). The molecule has 0 saturated heterocycles. The molecule has 0 aliphatic carbocycles. The van der Waals surface area contributed by atoms with Crippen molar-refractivity contribution in [1.29, 1.82) is 5.26 Å². The molecule has 0 aliphatic rings. The molecule has 2 aromatic carbocycles. The standard InChI is InChI=1S/C18H14FN3/c19-13-5-7-14(8-6-13)22-18(9-11-20)16-10-12-21-17-4-2-1-3-15(16)17/h1-8,10,12,18,22H,9H2. The number of halogens is 1. The summed E-state index contributed by atoms with van der Waals surface area (Å²) in [6, 6.07) is 17.9. The van der Waals surface area contributed by atoms with Crippen molar-refractivity contribution < 1.29 is 4.39 Å². The van der Waals surface area contributed by atoms with Gasteiger partial charge in [0.25, 0.3) is 0 Å². The molecule has 3 aromatic rings. The molecule has 0 saturated carbocycles. The fraction of sp³-hybridized carbons (Fsp3) is 0.111. The number of nitriles is 1. The van der Waals surface area contributed by atoms with Gasteiger partial charge in [0.2, 0.25) is 0 Å². The number of nitrogens with zero attached hydrogens (tertiary/aromatic N) is 2. The zero-order valence-electron chi connectivity index (χ0n) is 11.8. The van der Waals surface area contributed by atoms with E-state index in [2.05, 4.69) is 16.4 Å². The zero-order valence-corrected chi connectivity index (χ0v) is 11.8. The monoisotopic (exact) mass is 291 g/mol. The van der Waals surface area contributed by atoms with Gasteiger partial charge in [0, 0.05) is 17.3 Å². The molecule has 0 radical (unpaired) electrons. The summed E-state index contributed by atoms with van der Waals surface area (Å²) in [4.78, 5) is 4.34. The third-order valence-electron chi connectivity index (χ3n) is 3.54. The predicted molar refractivity (Wildman–Crippen MR) is 84.7 cm³/mol. The van der Waals surface area contributed by atoms with Crippen LogP contribution in [-0.2, 0) is 0 Å². The average molecular weight is 291 g/mol. The Morgan fingerprint density at radius 2 is 1.86 bits per heavy atom. The summed E-state index contributed by atoms with van der Waals surface area (Å²) in [6.07, 6.45) is 2.06. The summed E-state index contributed by atoms with van der Waals surface area (Å²) in [5.41, 5.74) is 2.68. The minimum absolute atomic E-state index is 0.177. The van der Waals surface area contributed by atoms with E-state index in [0.29, 0.717) is 6.42 Å². The first-order chi connectivity index (χ1) is 10.8. The van der Waals surface area contributed by atoms with E-state index >= 15 is 0 Å². The summed E-state index contributed by atoms with van der Waals surface area (Å²) >= 11 is 0. The maximum Gasteiger partial charge on any atom is 0.123 e. The maximum atomic E-state index is 13.0. The average Bonchev–Trinajstić information content (AvgIpc) is 2.56. The van der Waals surface area contributed by atoms with Crippen LogP contribution in [0.25, 0.3) is 10.9 Å². The van der Waals surface area contributed by atoms with Crippen molar-refractivity contribution in [3.63, 3.8) is 0 Å². The molecule has 0 bridgehead atoms. The largest absolute Gasteiger partial charge is 0.377 e. The first kappa shape index (κ1) is 14.0. The Morgan fingerprint density at radius 3 is 2.64 bits per heavy atom. The van der Waals surface area contributed by atoms with Gasteiger partial charge in [0.05, 0.1) is 24.0 Å². The van der Waals surface area contributed by atoms with E-state index in [1.54, 1.807) is 18.3 Å². The first-order valence-electron chi connectivity index (χ1n) is 7.00. The number of para-hydroxylation sites is 1. The summed E-state index contributed by atoms with van der Waals surface area (Å²) in [5.74, 6) is -0.281. The van der Waals surface area contributed by atoms with E-state index in [0.717, 1.165) is 22.2 Å². The molecule has 0 fully saturated rings. The lowest BCUT2D eigenvalue weighted by molar-refractivity contribution is 0.628. The van der Waals surface area contributed by atoms with Crippen LogP contribution in [0.3, 0.4) is 0 Å². The van der Waals surface area contributed by atoms with Crippen LogP contribution in [0, 0.1) is 17.1 Å². The third kappa shape index (κ3) is 2.89. The Bertz CT molecular complexity index is 816. The second-order valence-corrected chi connectivity index (χ2v) is 4.98. The van der Waals surface area contributed by atoms with Crippen LogP contribution in [0.15, 0.2) is 60.8 Å². The van der Waals surface area contributed by atoms with E-state index in [9.17, 15) is 4.39 Å². The Balaban J connectivity index is 1.99. The van der Waals surface area contributed by atoms with Gasteiger partial charge in [-0.1, -0.05) is 18.2 Å². The SMILES string of the molecule is N#CCC(Nc1ccc(F)cc1)c1ccnc2ccccc12. The van der Waals surface area contributed by atoms with E-state index in [-0.39, 0.29) is 11.9 Å². The highest BCUT2D eigenvalue weighted by atomic mass is 19.1. The van der Waals surface area contributed by atoms with Crippen molar-refractivity contribution in [2.75, 3.05) is 5.32 Å². The van der Waals surface area contributed by atoms with E-state index < -0.39 is 0 Å². The number of anilines is 1. The number of benzene rings is 2. The highest BCUT2D eigenvalue weighted by Crippen LogP contribution is 2.28. The minimum atomic E-state index is -0.281. The molecule has 3 nitrogen and oxygen atoms in total. The molecule has 1 aromatic heterocycles. The Labute approximate surface area is 128 Å². The van der Waals surface area contributed by atoms with Gasteiger partial charge in [-0.2, -0.15) is 5.26 Å². The molecule has 1 atom stereocenters. The van der Waals surface area contributed by atoms with Gasteiger partial charge in [0.15, 0.2) is 0 Å². The zero-order chi connectivity index (χ0) is 15.4. The van der Waals surface area contributed by atoms with Crippen molar-refractivity contribution in [1.82, 2.24) is 4.98 Å². The van der Waals surface area contributed by atoms with Crippen LogP contribution in [0.5, 0.6) is 0 Å². The highest BCUT2D eigenvalue weighted by molar-refractivity contribution is 5.82. The molecule has 108 valence electrons. The molecule has 22 heavy (non-hydrogen) atoms. The molecular formula is C18H14FN3. The van der Waals surface area contributed by atoms with Gasteiger partial charge in [0.1, 0.15) is 5.82 Å². The quantitative estimate of drug-likeness (QED) is 0.773. The van der Waals surface area contributed by atoms with Crippen LogP contribution < -0.4 is 5.32 Å². The summed E-state index contributed by atoms with van der Waals surface area (Å²) in [7, 11) is 0. The van der Waals surface area contributed by atoms with Gasteiger partial charge >= 0.3 is 0 Å². The molecule has 0 amide bonds. The molecule has 1 unspecified atom stereocenters. The number of aromatic nitrogens is 1. The molecule has 1 heterocycles.